The van der Waals surface area contributed by atoms with Crippen molar-refractivity contribution < 1.29 is 4.79 Å². The van der Waals surface area contributed by atoms with Crippen molar-refractivity contribution in [1.82, 2.24) is 0 Å². The summed E-state index contributed by atoms with van der Waals surface area (Å²) in [6.07, 6.45) is 5.71. The highest BCUT2D eigenvalue weighted by atomic mass is 16.1. The first-order valence-electron chi connectivity index (χ1n) is 5.70. The van der Waals surface area contributed by atoms with Gasteiger partial charge < -0.3 is 0 Å². The third-order valence-electron chi connectivity index (χ3n) is 3.54. The molecule has 2 aliphatic rings. The van der Waals surface area contributed by atoms with Gasteiger partial charge in [-0.3, -0.25) is 4.79 Å². The molecule has 1 aromatic carbocycles. The molecule has 0 heterocycles. The van der Waals surface area contributed by atoms with Crippen LogP contribution in [0.1, 0.15) is 41.6 Å². The molecule has 2 aliphatic carbocycles. The van der Waals surface area contributed by atoms with Gasteiger partial charge in [-0.05, 0) is 31.2 Å². The van der Waals surface area contributed by atoms with Gasteiger partial charge >= 0.3 is 0 Å². The van der Waals surface area contributed by atoms with Gasteiger partial charge in [-0.2, -0.15) is 0 Å². The molecule has 0 unspecified atom stereocenters. The van der Waals surface area contributed by atoms with Crippen molar-refractivity contribution in [3.05, 3.63) is 46.5 Å². The Bertz CT molecular complexity index is 446. The fourth-order valence-electron chi connectivity index (χ4n) is 2.72. The van der Waals surface area contributed by atoms with E-state index < -0.39 is 0 Å². The second-order valence-corrected chi connectivity index (χ2v) is 4.45. The molecule has 0 amide bonds. The first-order valence-corrected chi connectivity index (χ1v) is 5.70. The van der Waals surface area contributed by atoms with E-state index in [2.05, 4.69) is 6.07 Å². The van der Waals surface area contributed by atoms with Gasteiger partial charge in [-0.15, -0.1) is 0 Å². The lowest BCUT2D eigenvalue weighted by molar-refractivity contribution is 0.103. The number of carbonyl (C=O) groups is 1. The topological polar surface area (TPSA) is 17.1 Å². The molecule has 0 spiro atoms. The normalized spacial score (nSPS) is 19.9. The summed E-state index contributed by atoms with van der Waals surface area (Å²) in [6, 6.07) is 8.02. The zero-order valence-electron chi connectivity index (χ0n) is 8.75. The van der Waals surface area contributed by atoms with Crippen molar-refractivity contribution in [3.8, 4) is 0 Å². The van der Waals surface area contributed by atoms with Crippen molar-refractivity contribution in [2.24, 2.45) is 0 Å². The van der Waals surface area contributed by atoms with Crippen LogP contribution in [0, 0.1) is 0 Å². The monoisotopic (exact) mass is 198 g/mol. The fourth-order valence-corrected chi connectivity index (χ4v) is 2.72. The molecule has 1 nitrogen and oxygen atoms in total. The van der Waals surface area contributed by atoms with E-state index in [0.29, 0.717) is 5.78 Å². The van der Waals surface area contributed by atoms with Crippen LogP contribution in [0.4, 0.5) is 0 Å². The van der Waals surface area contributed by atoms with E-state index in [-0.39, 0.29) is 0 Å². The molecular weight excluding hydrogens is 184 g/mol. The van der Waals surface area contributed by atoms with Gasteiger partial charge in [-0.25, -0.2) is 0 Å². The van der Waals surface area contributed by atoms with Crippen molar-refractivity contribution in [2.45, 2.75) is 32.1 Å². The summed E-state index contributed by atoms with van der Waals surface area (Å²) < 4.78 is 0. The van der Waals surface area contributed by atoms with Gasteiger partial charge in [0.2, 0.25) is 0 Å². The Morgan fingerprint density at radius 1 is 1.00 bits per heavy atom. The number of allylic oxidation sites excluding steroid dienone is 2. The number of Topliss-reactive ketones (excluding diaryl/α,β-unsaturated/α-hetero) is 1. The Morgan fingerprint density at radius 2 is 1.73 bits per heavy atom. The highest BCUT2D eigenvalue weighted by Gasteiger charge is 2.27. The summed E-state index contributed by atoms with van der Waals surface area (Å²) in [5, 5.41) is 0. The molecule has 0 aliphatic heterocycles. The largest absolute Gasteiger partial charge is 0.289 e. The van der Waals surface area contributed by atoms with Crippen LogP contribution in [0.5, 0.6) is 0 Å². The maximum Gasteiger partial charge on any atom is 0.189 e. The SMILES string of the molecule is O=C1C(=C2CCCC2)Cc2ccccc21. The number of ketones is 1. The van der Waals surface area contributed by atoms with Crippen LogP contribution in [0.15, 0.2) is 35.4 Å². The van der Waals surface area contributed by atoms with Crippen molar-refractivity contribution in [2.75, 3.05) is 0 Å². The van der Waals surface area contributed by atoms with E-state index in [1.807, 2.05) is 18.2 Å². The van der Waals surface area contributed by atoms with E-state index in [0.717, 1.165) is 30.4 Å². The summed E-state index contributed by atoms with van der Waals surface area (Å²) >= 11 is 0. The maximum atomic E-state index is 12.1. The van der Waals surface area contributed by atoms with Gasteiger partial charge in [0, 0.05) is 17.6 Å². The van der Waals surface area contributed by atoms with Crippen molar-refractivity contribution in [1.29, 1.82) is 0 Å². The number of hydrogen-bond acceptors (Lipinski definition) is 1. The minimum absolute atomic E-state index is 0.294. The smallest absolute Gasteiger partial charge is 0.189 e. The van der Waals surface area contributed by atoms with Gasteiger partial charge in [0.25, 0.3) is 0 Å². The van der Waals surface area contributed by atoms with Crippen molar-refractivity contribution in [3.63, 3.8) is 0 Å². The van der Waals surface area contributed by atoms with Crippen LogP contribution < -0.4 is 0 Å². The van der Waals surface area contributed by atoms with Crippen molar-refractivity contribution >= 4 is 5.78 Å². The molecule has 0 atom stereocenters. The summed E-state index contributed by atoms with van der Waals surface area (Å²) in [5.74, 6) is 0.294. The third kappa shape index (κ3) is 1.34. The van der Waals surface area contributed by atoms with Gasteiger partial charge in [-0.1, -0.05) is 29.8 Å². The van der Waals surface area contributed by atoms with Crippen LogP contribution in [0.25, 0.3) is 0 Å². The lowest BCUT2D eigenvalue weighted by Gasteiger charge is -2.00. The molecule has 1 heteroatoms. The lowest BCUT2D eigenvalue weighted by atomic mass is 10.0. The van der Waals surface area contributed by atoms with E-state index in [1.165, 1.54) is 24.0 Å². The minimum Gasteiger partial charge on any atom is -0.289 e. The van der Waals surface area contributed by atoms with E-state index in [1.54, 1.807) is 0 Å². The summed E-state index contributed by atoms with van der Waals surface area (Å²) in [7, 11) is 0. The Morgan fingerprint density at radius 3 is 2.47 bits per heavy atom. The molecule has 1 aromatic rings. The first-order chi connectivity index (χ1) is 7.36. The molecule has 0 bridgehead atoms. The number of fused-ring (bicyclic) bond motifs is 1. The molecular formula is C14H14O. The quantitative estimate of drug-likeness (QED) is 0.584. The molecule has 1 fully saturated rings. The Balaban J connectivity index is 2.06. The average Bonchev–Trinajstić information content (AvgIpc) is 2.87. The van der Waals surface area contributed by atoms with Crippen LogP contribution in [0.3, 0.4) is 0 Å². The molecule has 76 valence electrons. The number of hydrogen-bond donors (Lipinski definition) is 0. The van der Waals surface area contributed by atoms with Crippen LogP contribution in [0.2, 0.25) is 0 Å². The lowest BCUT2D eigenvalue weighted by Crippen LogP contribution is -1.98. The van der Waals surface area contributed by atoms with Crippen LogP contribution in [-0.2, 0) is 6.42 Å². The summed E-state index contributed by atoms with van der Waals surface area (Å²) in [4.78, 5) is 12.1. The molecule has 3 rings (SSSR count). The predicted octanol–water partition coefficient (Wildman–Crippen LogP) is 3.30. The second-order valence-electron chi connectivity index (χ2n) is 4.45. The fraction of sp³-hybridized carbons (Fsp3) is 0.357. The van der Waals surface area contributed by atoms with Crippen LogP contribution in [-0.4, -0.2) is 5.78 Å². The third-order valence-corrected chi connectivity index (χ3v) is 3.54. The van der Waals surface area contributed by atoms with Gasteiger partial charge in [0.15, 0.2) is 5.78 Å². The Kier molecular flexibility index (Phi) is 1.98. The zero-order valence-corrected chi connectivity index (χ0v) is 8.75. The molecule has 0 saturated heterocycles. The summed E-state index contributed by atoms with van der Waals surface area (Å²) in [6.45, 7) is 0. The highest BCUT2D eigenvalue weighted by Crippen LogP contribution is 2.34. The average molecular weight is 198 g/mol. The first kappa shape index (κ1) is 8.90. The summed E-state index contributed by atoms with van der Waals surface area (Å²) in [5.41, 5.74) is 4.69. The number of benzene rings is 1. The Labute approximate surface area is 89.8 Å². The van der Waals surface area contributed by atoms with Gasteiger partial charge in [0.05, 0.1) is 0 Å². The van der Waals surface area contributed by atoms with Gasteiger partial charge in [0.1, 0.15) is 0 Å². The predicted molar refractivity (Wildman–Crippen MR) is 60.0 cm³/mol. The standard InChI is InChI=1S/C14H14O/c15-14-12-8-4-3-7-11(12)9-13(14)10-5-1-2-6-10/h3-4,7-8H,1-2,5-6,9H2. The molecule has 1 saturated carbocycles. The molecule has 0 aromatic heterocycles. The van der Waals surface area contributed by atoms with E-state index >= 15 is 0 Å². The highest BCUT2D eigenvalue weighted by molar-refractivity contribution is 6.13. The van der Waals surface area contributed by atoms with Crippen LogP contribution >= 0.6 is 0 Å². The number of rotatable bonds is 0. The second kappa shape index (κ2) is 3.34. The maximum absolute atomic E-state index is 12.1. The Hall–Kier alpha value is -1.37. The van der Waals surface area contributed by atoms with E-state index in [4.69, 9.17) is 0 Å². The zero-order chi connectivity index (χ0) is 10.3. The molecule has 15 heavy (non-hydrogen) atoms. The molecule has 0 radical (unpaired) electrons. The van der Waals surface area contributed by atoms with E-state index in [9.17, 15) is 4.79 Å². The molecule has 0 N–H and O–H groups in total. The minimum atomic E-state index is 0.294. The number of carbonyl (C=O) groups excluding carboxylic acids is 1.